The van der Waals surface area contributed by atoms with Crippen LogP contribution in [0.25, 0.3) is 0 Å². The second-order valence-corrected chi connectivity index (χ2v) is 1.50. The quantitative estimate of drug-likeness (QED) is 0.384. The third-order valence-electron chi connectivity index (χ3n) is 0. The Kier molecular flexibility index (Phi) is 136. The predicted molar refractivity (Wildman–Crippen MR) is 28.3 cm³/mol. The summed E-state index contributed by atoms with van der Waals surface area (Å²) in [6.45, 7) is 0. The summed E-state index contributed by atoms with van der Waals surface area (Å²) in [4.78, 5) is 34.1. The molecule has 13 heteroatoms. The first-order valence-corrected chi connectivity index (χ1v) is 3.67. The van der Waals surface area contributed by atoms with Crippen molar-refractivity contribution in [1.82, 2.24) is 0 Å². The van der Waals surface area contributed by atoms with Gasteiger partial charge in [0.25, 0.3) is 0 Å². The van der Waals surface area contributed by atoms with Crippen molar-refractivity contribution < 1.29 is 68.6 Å². The maximum atomic E-state index is 8.52. The van der Waals surface area contributed by atoms with Crippen molar-refractivity contribution in [3.63, 3.8) is 0 Å². The second kappa shape index (κ2) is 37.6. The van der Waals surface area contributed by atoms with Gasteiger partial charge in [0.2, 0.25) is 0 Å². The Hall–Kier alpha value is 1.45. The van der Waals surface area contributed by atoms with Gasteiger partial charge in [-0.1, -0.05) is 0 Å². The first kappa shape index (κ1) is 47.1. The average molecular weight is 260 g/mol. The Labute approximate surface area is 126 Å². The Bertz CT molecular complexity index is 80.1. The molecule has 0 saturated heterocycles. The second-order valence-electron chi connectivity index (χ2n) is 0.500. The molecule has 0 rings (SSSR count). The average Bonchev–Trinajstić information content (AvgIpc) is 1.25. The zero-order valence-corrected chi connectivity index (χ0v) is 13.2. The molecule has 0 aromatic rings. The summed E-state index contributed by atoms with van der Waals surface area (Å²) in [7, 11) is -7.26. The summed E-state index contributed by atoms with van der Waals surface area (Å²) in [5.41, 5.74) is 0. The molecule has 0 saturated carbocycles. The van der Waals surface area contributed by atoms with Crippen LogP contribution in [0.5, 0.6) is 0 Å². The van der Waals surface area contributed by atoms with Gasteiger partial charge in [0.1, 0.15) is 0 Å². The summed E-state index contributed by atoms with van der Waals surface area (Å²) in [6.07, 6.45) is 0. The zero-order chi connectivity index (χ0) is 7.15. The Morgan fingerprint density at radius 3 is 0.769 bits per heavy atom. The van der Waals surface area contributed by atoms with Gasteiger partial charge in [0.05, 0.1) is 0 Å². The molecule has 0 heterocycles. The van der Waals surface area contributed by atoms with E-state index in [0.717, 1.165) is 0 Å². The van der Waals surface area contributed by atoms with Crippen molar-refractivity contribution in [1.29, 1.82) is 0 Å². The van der Waals surface area contributed by atoms with Gasteiger partial charge in [0.15, 0.2) is 0 Å². The first-order valence-electron chi connectivity index (χ1n) is 1.22. The molecule has 0 atom stereocenters. The van der Waals surface area contributed by atoms with E-state index >= 15 is 0 Å². The molecular formula is H2AlMgNaO8Si2. The molecule has 0 amide bonds. The summed E-state index contributed by atoms with van der Waals surface area (Å²) in [6, 6.07) is 0. The monoisotopic (exact) mass is 260 g/mol. The minimum atomic E-state index is -3.63. The van der Waals surface area contributed by atoms with Crippen LogP contribution in [0.3, 0.4) is 0 Å². The summed E-state index contributed by atoms with van der Waals surface area (Å²) in [5, 5.41) is 0. The van der Waals surface area contributed by atoms with Crippen LogP contribution < -0.4 is 48.7 Å². The summed E-state index contributed by atoms with van der Waals surface area (Å²) < 4.78 is 17.0. The predicted octanol–water partition coefficient (Wildman–Crippen LogP) is -9.87. The molecule has 0 aromatic carbocycles. The van der Waals surface area contributed by atoms with Crippen LogP contribution in [0.4, 0.5) is 0 Å². The van der Waals surface area contributed by atoms with Crippen molar-refractivity contribution >= 4 is 58.8 Å². The molecule has 0 spiro atoms. The van der Waals surface area contributed by atoms with Gasteiger partial charge in [-0.05, 0) is 0 Å². The molecule has 0 aromatic heterocycles. The molecule has 8 nitrogen and oxygen atoms in total. The van der Waals surface area contributed by atoms with Crippen LogP contribution in [0.2, 0.25) is 0 Å². The molecule has 0 aliphatic rings. The number of hydrogen-bond donors (Lipinski definition) is 0. The fourth-order valence-electron chi connectivity index (χ4n) is 0. The van der Waals surface area contributed by atoms with E-state index in [4.69, 9.17) is 28.1 Å². The SMILES string of the molecule is O=[Si]([O-])[O-].O=[Si]([O-])[O-].[Al+3].[Mg+2].[Na+].[OH-].[OH-]. The number of hydrogen-bond acceptors (Lipinski definition) is 8. The Morgan fingerprint density at radius 2 is 0.769 bits per heavy atom. The molecule has 0 fully saturated rings. The van der Waals surface area contributed by atoms with Gasteiger partial charge >= 0.3 is 70.0 Å². The van der Waals surface area contributed by atoms with Crippen LogP contribution in [-0.2, 0) is 8.92 Å². The van der Waals surface area contributed by atoms with Gasteiger partial charge < -0.3 is 39.1 Å². The van der Waals surface area contributed by atoms with E-state index in [2.05, 4.69) is 0 Å². The topological polar surface area (TPSA) is 186 Å². The normalized spacial score (nSPS) is 3.69. The third-order valence-corrected chi connectivity index (χ3v) is 0. The summed E-state index contributed by atoms with van der Waals surface area (Å²) in [5.74, 6) is 0. The van der Waals surface area contributed by atoms with E-state index < -0.39 is 18.3 Å². The van der Waals surface area contributed by atoms with Gasteiger partial charge in [-0.3, -0.25) is 0 Å². The molecule has 64 valence electrons. The van der Waals surface area contributed by atoms with E-state index in [-0.39, 0.29) is 80.9 Å². The van der Waals surface area contributed by atoms with Gasteiger partial charge in [-0.25, -0.2) is 0 Å². The number of rotatable bonds is 0. The van der Waals surface area contributed by atoms with Gasteiger partial charge in [-0.2, -0.15) is 0 Å². The van der Waals surface area contributed by atoms with E-state index in [9.17, 15) is 0 Å². The summed E-state index contributed by atoms with van der Waals surface area (Å²) >= 11 is 0. The molecule has 0 radical (unpaired) electrons. The van der Waals surface area contributed by atoms with Crippen molar-refractivity contribution in [2.75, 3.05) is 0 Å². The van der Waals surface area contributed by atoms with E-state index in [0.29, 0.717) is 0 Å². The smallest absolute Gasteiger partial charge is 0.870 e. The third kappa shape index (κ3) is 836. The maximum Gasteiger partial charge on any atom is 3.00 e. The molecule has 0 aliphatic carbocycles. The van der Waals surface area contributed by atoms with Gasteiger partial charge in [0, 0.05) is 18.3 Å². The molecular weight excluding hydrogens is 258 g/mol. The first-order chi connectivity index (χ1) is 3.46. The van der Waals surface area contributed by atoms with E-state index in [1.54, 1.807) is 0 Å². The van der Waals surface area contributed by atoms with Crippen molar-refractivity contribution in [3.8, 4) is 0 Å². The van der Waals surface area contributed by atoms with Crippen LogP contribution in [0, 0.1) is 0 Å². The standard InChI is InChI=1S/Al.Mg.Na.2O3Si.2H2O/c;;;2*1-4(2)3;;/h;;;;;2*1H2/q+3;+2;+1;2*-2;;/p-2. The zero-order valence-electron chi connectivity index (χ0n) is 6.63. The Balaban J connectivity index is -0.00000000800. The maximum absolute atomic E-state index is 8.52. The van der Waals surface area contributed by atoms with Crippen molar-refractivity contribution in [2.24, 2.45) is 0 Å². The fourth-order valence-corrected chi connectivity index (χ4v) is 0. The van der Waals surface area contributed by atoms with Crippen LogP contribution in [0.15, 0.2) is 0 Å². The molecule has 13 heavy (non-hydrogen) atoms. The fraction of sp³-hybridized carbons (Fsp3) is 0. The van der Waals surface area contributed by atoms with Crippen LogP contribution in [0.1, 0.15) is 0 Å². The van der Waals surface area contributed by atoms with E-state index in [1.807, 2.05) is 0 Å². The van der Waals surface area contributed by atoms with Crippen molar-refractivity contribution in [2.45, 2.75) is 0 Å². The van der Waals surface area contributed by atoms with E-state index in [1.165, 1.54) is 0 Å². The molecule has 0 bridgehead atoms. The molecule has 2 N–H and O–H groups in total. The Morgan fingerprint density at radius 1 is 0.769 bits per heavy atom. The molecule has 0 aliphatic heterocycles. The minimum Gasteiger partial charge on any atom is -0.870 e. The largest absolute Gasteiger partial charge is 3.00 e. The van der Waals surface area contributed by atoms with Crippen LogP contribution >= 0.6 is 0 Å². The molecule has 0 unspecified atom stereocenters. The van der Waals surface area contributed by atoms with Crippen molar-refractivity contribution in [3.05, 3.63) is 0 Å². The van der Waals surface area contributed by atoms with Gasteiger partial charge in [-0.15, -0.1) is 0 Å². The van der Waals surface area contributed by atoms with Crippen LogP contribution in [-0.4, -0.2) is 69.7 Å². The minimum absolute atomic E-state index is 0.